The van der Waals surface area contributed by atoms with Gasteiger partial charge in [-0.25, -0.2) is 18.1 Å². The fraction of sp³-hybridized carbons (Fsp3) is 0.300. The molecule has 6 nitrogen and oxygen atoms in total. The predicted octanol–water partition coefficient (Wildman–Crippen LogP) is 0.262. The number of fused-ring (bicyclic) bond motifs is 1. The quantitative estimate of drug-likeness (QED) is 0.778. The van der Waals surface area contributed by atoms with Gasteiger partial charge in [-0.05, 0) is 12.1 Å². The second kappa shape index (κ2) is 4.72. The number of nitrogens with zero attached hydrogens (tertiary/aromatic N) is 2. The summed E-state index contributed by atoms with van der Waals surface area (Å²) in [6.07, 6.45) is 4.58. The van der Waals surface area contributed by atoms with E-state index in [0.717, 1.165) is 11.9 Å². The molecule has 0 amide bonds. The average Bonchev–Trinajstić information content (AvgIpc) is 2.71. The molecule has 92 valence electrons. The molecule has 2 heterocycles. The van der Waals surface area contributed by atoms with Crippen molar-refractivity contribution < 1.29 is 13.2 Å². The van der Waals surface area contributed by atoms with E-state index < -0.39 is 10.0 Å². The average molecular weight is 255 g/mol. The van der Waals surface area contributed by atoms with Crippen LogP contribution in [0.15, 0.2) is 30.6 Å². The first-order valence-corrected chi connectivity index (χ1v) is 6.95. The molecule has 0 fully saturated rings. The Morgan fingerprint density at radius 1 is 1.47 bits per heavy atom. The molecule has 0 saturated heterocycles. The Hall–Kier alpha value is -1.60. The van der Waals surface area contributed by atoms with E-state index >= 15 is 0 Å². The molecule has 0 bridgehead atoms. The van der Waals surface area contributed by atoms with E-state index in [1.807, 2.05) is 12.1 Å². The molecule has 2 aromatic rings. The summed E-state index contributed by atoms with van der Waals surface area (Å²) in [6, 6.07) is 5.50. The van der Waals surface area contributed by atoms with Gasteiger partial charge >= 0.3 is 0 Å². The standard InChI is InChI=1S/C10H13N3O3S/c1-17(14,15)12-6-8-16-10-4-2-3-9-11-5-7-13(9)10/h2-5,7,12H,6,8H2,1H3. The van der Waals surface area contributed by atoms with Gasteiger partial charge in [0.1, 0.15) is 12.3 Å². The van der Waals surface area contributed by atoms with Crippen LogP contribution in [-0.4, -0.2) is 37.2 Å². The van der Waals surface area contributed by atoms with Crippen molar-refractivity contribution in [1.29, 1.82) is 0 Å². The van der Waals surface area contributed by atoms with Crippen molar-refractivity contribution >= 4 is 15.7 Å². The zero-order valence-corrected chi connectivity index (χ0v) is 10.1. The molecule has 0 aliphatic carbocycles. The van der Waals surface area contributed by atoms with E-state index in [2.05, 4.69) is 9.71 Å². The van der Waals surface area contributed by atoms with Crippen LogP contribution in [0.4, 0.5) is 0 Å². The molecule has 0 aliphatic heterocycles. The molecule has 0 saturated carbocycles. The summed E-state index contributed by atoms with van der Waals surface area (Å²) in [5.74, 6) is 0.635. The van der Waals surface area contributed by atoms with Crippen LogP contribution in [0.3, 0.4) is 0 Å². The summed E-state index contributed by atoms with van der Waals surface area (Å²) in [6.45, 7) is 0.508. The van der Waals surface area contributed by atoms with Crippen molar-refractivity contribution in [3.05, 3.63) is 30.6 Å². The van der Waals surface area contributed by atoms with Gasteiger partial charge in [0.2, 0.25) is 10.0 Å². The van der Waals surface area contributed by atoms with Crippen molar-refractivity contribution in [2.24, 2.45) is 0 Å². The van der Waals surface area contributed by atoms with Gasteiger partial charge in [-0.2, -0.15) is 0 Å². The Balaban J connectivity index is 1.97. The summed E-state index contributed by atoms with van der Waals surface area (Å²) < 4.78 is 31.3. The van der Waals surface area contributed by atoms with Gasteiger partial charge in [-0.15, -0.1) is 0 Å². The van der Waals surface area contributed by atoms with Gasteiger partial charge in [0.05, 0.1) is 6.26 Å². The Kier molecular flexibility index (Phi) is 3.30. The summed E-state index contributed by atoms with van der Waals surface area (Å²) in [4.78, 5) is 4.12. The molecular formula is C10H13N3O3S. The van der Waals surface area contributed by atoms with Crippen molar-refractivity contribution in [2.45, 2.75) is 0 Å². The highest BCUT2D eigenvalue weighted by Crippen LogP contribution is 2.12. The number of sulfonamides is 1. The lowest BCUT2D eigenvalue weighted by Crippen LogP contribution is -2.27. The van der Waals surface area contributed by atoms with Crippen LogP contribution in [-0.2, 0) is 10.0 Å². The van der Waals surface area contributed by atoms with E-state index in [1.54, 1.807) is 22.9 Å². The topological polar surface area (TPSA) is 72.7 Å². The normalized spacial score (nSPS) is 11.8. The SMILES string of the molecule is CS(=O)(=O)NCCOc1cccc2nccn12. The molecule has 17 heavy (non-hydrogen) atoms. The third-order valence-corrected chi connectivity index (χ3v) is 2.84. The van der Waals surface area contributed by atoms with Crippen LogP contribution < -0.4 is 9.46 Å². The number of aromatic nitrogens is 2. The summed E-state index contributed by atoms with van der Waals surface area (Å²) >= 11 is 0. The highest BCUT2D eigenvalue weighted by Gasteiger charge is 2.02. The smallest absolute Gasteiger partial charge is 0.208 e. The maximum Gasteiger partial charge on any atom is 0.208 e. The van der Waals surface area contributed by atoms with Crippen molar-refractivity contribution in [1.82, 2.24) is 14.1 Å². The highest BCUT2D eigenvalue weighted by atomic mass is 32.2. The molecule has 1 N–H and O–H groups in total. The first-order valence-electron chi connectivity index (χ1n) is 5.06. The molecule has 7 heteroatoms. The maximum atomic E-state index is 10.8. The fourth-order valence-corrected chi connectivity index (χ4v) is 1.88. The van der Waals surface area contributed by atoms with Gasteiger partial charge in [-0.3, -0.25) is 4.40 Å². The molecule has 0 aromatic carbocycles. The Bertz CT molecular complexity index is 606. The Labute approximate surface area is 99.3 Å². The van der Waals surface area contributed by atoms with Crippen molar-refractivity contribution in [3.63, 3.8) is 0 Å². The molecule has 2 rings (SSSR count). The molecule has 0 atom stereocenters. The monoisotopic (exact) mass is 255 g/mol. The molecule has 0 aliphatic rings. The van der Waals surface area contributed by atoms with Crippen LogP contribution >= 0.6 is 0 Å². The molecule has 0 radical (unpaired) electrons. The number of hydrogen-bond acceptors (Lipinski definition) is 4. The lowest BCUT2D eigenvalue weighted by molar-refractivity contribution is 0.307. The molecule has 0 spiro atoms. The van der Waals surface area contributed by atoms with Gasteiger partial charge in [0, 0.05) is 18.9 Å². The number of ether oxygens (including phenoxy) is 1. The van der Waals surface area contributed by atoms with Crippen LogP contribution in [0.2, 0.25) is 0 Å². The Morgan fingerprint density at radius 2 is 2.29 bits per heavy atom. The molecular weight excluding hydrogens is 242 g/mol. The zero-order valence-electron chi connectivity index (χ0n) is 9.33. The second-order valence-corrected chi connectivity index (χ2v) is 5.37. The van der Waals surface area contributed by atoms with Crippen LogP contribution in [0.5, 0.6) is 5.88 Å². The number of imidazole rings is 1. The van der Waals surface area contributed by atoms with E-state index in [1.165, 1.54) is 0 Å². The highest BCUT2D eigenvalue weighted by molar-refractivity contribution is 7.88. The Morgan fingerprint density at radius 3 is 3.06 bits per heavy atom. The third-order valence-electron chi connectivity index (χ3n) is 2.11. The predicted molar refractivity (Wildman–Crippen MR) is 63.5 cm³/mol. The zero-order chi connectivity index (χ0) is 12.3. The summed E-state index contributed by atoms with van der Waals surface area (Å²) in [7, 11) is -3.16. The summed E-state index contributed by atoms with van der Waals surface area (Å²) in [5.41, 5.74) is 0.790. The van der Waals surface area contributed by atoms with Crippen LogP contribution in [0.1, 0.15) is 0 Å². The van der Waals surface area contributed by atoms with Crippen molar-refractivity contribution in [3.8, 4) is 5.88 Å². The number of nitrogens with one attached hydrogen (secondary N) is 1. The molecule has 0 unspecified atom stereocenters. The van der Waals surface area contributed by atoms with Gasteiger partial charge in [-0.1, -0.05) is 6.07 Å². The molecule has 2 aromatic heterocycles. The first kappa shape index (κ1) is 11.9. The van der Waals surface area contributed by atoms with E-state index in [9.17, 15) is 8.42 Å². The van der Waals surface area contributed by atoms with E-state index in [4.69, 9.17) is 4.74 Å². The maximum absolute atomic E-state index is 10.8. The van der Waals surface area contributed by atoms with Gasteiger partial charge < -0.3 is 4.74 Å². The van der Waals surface area contributed by atoms with E-state index in [-0.39, 0.29) is 13.2 Å². The first-order chi connectivity index (χ1) is 8.06. The van der Waals surface area contributed by atoms with Crippen molar-refractivity contribution in [2.75, 3.05) is 19.4 Å². The van der Waals surface area contributed by atoms with Crippen LogP contribution in [0.25, 0.3) is 5.65 Å². The van der Waals surface area contributed by atoms with Gasteiger partial charge in [0.15, 0.2) is 5.88 Å². The lowest BCUT2D eigenvalue weighted by atomic mass is 10.4. The van der Waals surface area contributed by atoms with Gasteiger partial charge in [0.25, 0.3) is 0 Å². The third kappa shape index (κ3) is 3.18. The summed E-state index contributed by atoms with van der Waals surface area (Å²) in [5, 5.41) is 0. The number of rotatable bonds is 5. The minimum absolute atomic E-state index is 0.240. The minimum Gasteiger partial charge on any atom is -0.477 e. The lowest BCUT2D eigenvalue weighted by Gasteiger charge is -2.08. The van der Waals surface area contributed by atoms with Crippen LogP contribution in [0, 0.1) is 0 Å². The fourth-order valence-electron chi connectivity index (χ4n) is 1.42. The number of hydrogen-bond donors (Lipinski definition) is 1. The number of pyridine rings is 1. The minimum atomic E-state index is -3.16. The largest absolute Gasteiger partial charge is 0.477 e. The second-order valence-electron chi connectivity index (χ2n) is 3.53. The van der Waals surface area contributed by atoms with E-state index in [0.29, 0.717) is 5.88 Å².